The molecular formula is C20H22F2N4O4. The average Bonchev–Trinajstić information content (AvgIpc) is 3.15. The van der Waals surface area contributed by atoms with Crippen LogP contribution in [0.4, 0.5) is 14.5 Å². The quantitative estimate of drug-likeness (QED) is 0.738. The molecule has 0 unspecified atom stereocenters. The van der Waals surface area contributed by atoms with Gasteiger partial charge in [0.25, 0.3) is 5.91 Å². The lowest BCUT2D eigenvalue weighted by atomic mass is 10.3. The highest BCUT2D eigenvalue weighted by molar-refractivity contribution is 5.94. The van der Waals surface area contributed by atoms with Gasteiger partial charge in [-0.3, -0.25) is 19.3 Å². The van der Waals surface area contributed by atoms with E-state index in [4.69, 9.17) is 4.42 Å². The monoisotopic (exact) mass is 420 g/mol. The maximum Gasteiger partial charge on any atom is 0.287 e. The number of furan rings is 1. The number of hydrogen-bond donors (Lipinski definition) is 2. The second-order valence-electron chi connectivity index (χ2n) is 6.84. The predicted molar refractivity (Wildman–Crippen MR) is 104 cm³/mol. The zero-order valence-corrected chi connectivity index (χ0v) is 16.2. The van der Waals surface area contributed by atoms with Crippen LogP contribution in [0.3, 0.4) is 0 Å². The van der Waals surface area contributed by atoms with Crippen molar-refractivity contribution in [2.45, 2.75) is 6.42 Å². The summed E-state index contributed by atoms with van der Waals surface area (Å²) in [5.74, 6) is -2.54. The molecular weight excluding hydrogens is 398 g/mol. The van der Waals surface area contributed by atoms with Gasteiger partial charge in [-0.2, -0.15) is 0 Å². The van der Waals surface area contributed by atoms with Crippen molar-refractivity contribution in [3.8, 4) is 0 Å². The third-order valence-electron chi connectivity index (χ3n) is 4.66. The fraction of sp³-hybridized carbons (Fsp3) is 0.350. The van der Waals surface area contributed by atoms with Gasteiger partial charge in [0.1, 0.15) is 11.6 Å². The third-order valence-corrected chi connectivity index (χ3v) is 4.66. The summed E-state index contributed by atoms with van der Waals surface area (Å²) in [5.41, 5.74) is -0.0830. The molecule has 30 heavy (non-hydrogen) atoms. The third kappa shape index (κ3) is 5.86. The molecule has 3 rings (SSSR count). The first-order valence-corrected chi connectivity index (χ1v) is 9.49. The maximum atomic E-state index is 13.7. The first-order valence-electron chi connectivity index (χ1n) is 9.49. The maximum absolute atomic E-state index is 13.7. The number of carbonyl (C=O) groups excluding carboxylic acids is 3. The molecule has 1 saturated heterocycles. The number of anilines is 1. The summed E-state index contributed by atoms with van der Waals surface area (Å²) in [5, 5.41) is 4.94. The van der Waals surface area contributed by atoms with Crippen molar-refractivity contribution in [2.24, 2.45) is 0 Å². The largest absolute Gasteiger partial charge is 0.459 e. The van der Waals surface area contributed by atoms with Gasteiger partial charge in [-0.1, -0.05) is 0 Å². The SMILES string of the molecule is O=C(CN1CCCN(C(=O)CNC(=O)c2ccco2)CC1)Nc1ccc(F)cc1F. The molecule has 1 aromatic carbocycles. The van der Waals surface area contributed by atoms with Crippen LogP contribution in [-0.4, -0.2) is 66.8 Å². The highest BCUT2D eigenvalue weighted by atomic mass is 19.1. The molecule has 0 bridgehead atoms. The Bertz CT molecular complexity index is 904. The summed E-state index contributed by atoms with van der Waals surface area (Å²) >= 11 is 0. The number of benzene rings is 1. The fourth-order valence-corrected chi connectivity index (χ4v) is 3.12. The van der Waals surface area contributed by atoms with Gasteiger partial charge in [-0.25, -0.2) is 8.78 Å². The van der Waals surface area contributed by atoms with Crippen LogP contribution in [0.5, 0.6) is 0 Å². The Balaban J connectivity index is 1.44. The molecule has 0 atom stereocenters. The number of nitrogens with one attached hydrogen (secondary N) is 2. The molecule has 2 N–H and O–H groups in total. The molecule has 3 amide bonds. The van der Waals surface area contributed by atoms with Gasteiger partial charge >= 0.3 is 0 Å². The Morgan fingerprint density at radius 1 is 1.07 bits per heavy atom. The Morgan fingerprint density at radius 2 is 1.90 bits per heavy atom. The Hall–Kier alpha value is -3.27. The van der Waals surface area contributed by atoms with Crippen LogP contribution in [0.2, 0.25) is 0 Å². The van der Waals surface area contributed by atoms with Gasteiger partial charge in [0.05, 0.1) is 25.0 Å². The van der Waals surface area contributed by atoms with Crippen LogP contribution in [-0.2, 0) is 9.59 Å². The molecule has 0 aliphatic carbocycles. The van der Waals surface area contributed by atoms with E-state index in [2.05, 4.69) is 10.6 Å². The molecule has 2 heterocycles. The van der Waals surface area contributed by atoms with Gasteiger partial charge in [0.2, 0.25) is 11.8 Å². The zero-order valence-electron chi connectivity index (χ0n) is 16.2. The van der Waals surface area contributed by atoms with Gasteiger partial charge in [0.15, 0.2) is 5.76 Å². The number of amides is 3. The molecule has 8 nitrogen and oxygen atoms in total. The molecule has 160 valence electrons. The second kappa shape index (κ2) is 9.97. The van der Waals surface area contributed by atoms with Gasteiger partial charge < -0.3 is 20.0 Å². The van der Waals surface area contributed by atoms with Crippen LogP contribution in [0.25, 0.3) is 0 Å². The first-order chi connectivity index (χ1) is 14.4. The molecule has 2 aromatic rings. The molecule has 1 aromatic heterocycles. The van der Waals surface area contributed by atoms with E-state index in [-0.39, 0.29) is 30.4 Å². The minimum Gasteiger partial charge on any atom is -0.459 e. The molecule has 1 aliphatic heterocycles. The van der Waals surface area contributed by atoms with Crippen molar-refractivity contribution >= 4 is 23.4 Å². The van der Waals surface area contributed by atoms with Crippen molar-refractivity contribution in [2.75, 3.05) is 44.6 Å². The highest BCUT2D eigenvalue weighted by Gasteiger charge is 2.21. The van der Waals surface area contributed by atoms with Crippen LogP contribution in [0.1, 0.15) is 17.0 Å². The number of halogens is 2. The number of carbonyl (C=O) groups is 3. The van der Waals surface area contributed by atoms with E-state index in [9.17, 15) is 23.2 Å². The summed E-state index contributed by atoms with van der Waals surface area (Å²) in [7, 11) is 0. The predicted octanol–water partition coefficient (Wildman–Crippen LogP) is 1.46. The van der Waals surface area contributed by atoms with E-state index in [0.717, 1.165) is 6.07 Å². The van der Waals surface area contributed by atoms with E-state index < -0.39 is 23.4 Å². The zero-order chi connectivity index (χ0) is 21.5. The second-order valence-corrected chi connectivity index (χ2v) is 6.84. The molecule has 1 aliphatic rings. The van der Waals surface area contributed by atoms with E-state index >= 15 is 0 Å². The minimum atomic E-state index is -0.840. The Labute approximate surface area is 171 Å². The smallest absolute Gasteiger partial charge is 0.287 e. The molecule has 10 heteroatoms. The number of hydrogen-bond acceptors (Lipinski definition) is 5. The van der Waals surface area contributed by atoms with E-state index in [1.54, 1.807) is 11.0 Å². The van der Waals surface area contributed by atoms with Crippen molar-refractivity contribution in [1.82, 2.24) is 15.1 Å². The van der Waals surface area contributed by atoms with Crippen molar-refractivity contribution in [3.63, 3.8) is 0 Å². The molecule has 1 fully saturated rings. The lowest BCUT2D eigenvalue weighted by Gasteiger charge is -2.22. The van der Waals surface area contributed by atoms with Crippen molar-refractivity contribution in [3.05, 3.63) is 54.0 Å². The Morgan fingerprint density at radius 3 is 2.63 bits per heavy atom. The summed E-state index contributed by atoms with van der Waals surface area (Å²) in [4.78, 5) is 39.9. The molecule has 0 spiro atoms. The lowest BCUT2D eigenvalue weighted by Crippen LogP contribution is -2.42. The van der Waals surface area contributed by atoms with Crippen LogP contribution >= 0.6 is 0 Å². The highest BCUT2D eigenvalue weighted by Crippen LogP contribution is 2.15. The van der Waals surface area contributed by atoms with Gasteiger partial charge in [-0.15, -0.1) is 0 Å². The number of rotatable bonds is 6. The summed E-state index contributed by atoms with van der Waals surface area (Å²) in [6.07, 6.45) is 2.02. The van der Waals surface area contributed by atoms with Gasteiger partial charge in [0, 0.05) is 32.2 Å². The summed E-state index contributed by atoms with van der Waals surface area (Å²) < 4.78 is 31.6. The summed E-state index contributed by atoms with van der Waals surface area (Å²) in [6, 6.07) is 6.03. The normalized spacial score (nSPS) is 14.8. The first kappa shape index (κ1) is 21.4. The van der Waals surface area contributed by atoms with Crippen molar-refractivity contribution in [1.29, 1.82) is 0 Å². The average molecular weight is 420 g/mol. The molecule has 0 radical (unpaired) electrons. The van der Waals surface area contributed by atoms with Crippen LogP contribution in [0.15, 0.2) is 41.0 Å². The van der Waals surface area contributed by atoms with Crippen LogP contribution < -0.4 is 10.6 Å². The fourth-order valence-electron chi connectivity index (χ4n) is 3.12. The van der Waals surface area contributed by atoms with Gasteiger partial charge in [-0.05, 0) is 30.7 Å². The van der Waals surface area contributed by atoms with Crippen LogP contribution in [0, 0.1) is 11.6 Å². The lowest BCUT2D eigenvalue weighted by molar-refractivity contribution is -0.129. The molecule has 0 saturated carbocycles. The van der Waals surface area contributed by atoms with E-state index in [1.165, 1.54) is 18.4 Å². The summed E-state index contributed by atoms with van der Waals surface area (Å²) in [6.45, 7) is 1.81. The van der Waals surface area contributed by atoms with E-state index in [0.29, 0.717) is 38.7 Å². The van der Waals surface area contributed by atoms with Crippen molar-refractivity contribution < 1.29 is 27.6 Å². The number of nitrogens with zero attached hydrogens (tertiary/aromatic N) is 2. The topological polar surface area (TPSA) is 94.9 Å². The standard InChI is InChI=1S/C20H22F2N4O4/c21-14-4-5-16(15(22)11-14)24-18(27)13-25-6-2-7-26(9-8-25)19(28)12-23-20(29)17-3-1-10-30-17/h1,3-5,10-11H,2,6-9,12-13H2,(H,23,29)(H,24,27). The minimum absolute atomic E-state index is 0.0219. The Kier molecular flexibility index (Phi) is 7.12. The van der Waals surface area contributed by atoms with E-state index in [1.807, 2.05) is 4.90 Å².